The predicted molar refractivity (Wildman–Crippen MR) is 121 cm³/mol. The van der Waals surface area contributed by atoms with E-state index in [0.717, 1.165) is 18.4 Å². The summed E-state index contributed by atoms with van der Waals surface area (Å²) in [5.74, 6) is 4.17. The van der Waals surface area contributed by atoms with Crippen molar-refractivity contribution in [1.29, 1.82) is 0 Å². The maximum Gasteiger partial charge on any atom is 0.407 e. The van der Waals surface area contributed by atoms with Crippen LogP contribution in [0.1, 0.15) is 32.3 Å². The molecule has 33 heavy (non-hydrogen) atoms. The number of carbonyl (C=O) groups is 3. The lowest BCUT2D eigenvalue weighted by Crippen LogP contribution is -2.55. The van der Waals surface area contributed by atoms with Crippen molar-refractivity contribution in [2.24, 2.45) is 5.84 Å². The second-order valence-corrected chi connectivity index (χ2v) is 7.14. The molecule has 0 aromatic heterocycles. The smallest absolute Gasteiger partial charge is 0.407 e. The van der Waals surface area contributed by atoms with E-state index in [0.29, 0.717) is 6.61 Å². The first-order valence-electron chi connectivity index (χ1n) is 11.0. The fraction of sp³-hybridized carbons (Fsp3) is 0.591. The molecule has 0 heterocycles. The van der Waals surface area contributed by atoms with Gasteiger partial charge in [0, 0.05) is 13.2 Å². The molecule has 5 N–H and O–H groups in total. The molecule has 2 atom stereocenters. The van der Waals surface area contributed by atoms with Crippen LogP contribution in [0.5, 0.6) is 0 Å². The molecule has 3 amide bonds. The molecule has 0 fully saturated rings. The first kappa shape index (κ1) is 28.3. The van der Waals surface area contributed by atoms with Gasteiger partial charge in [-0.3, -0.25) is 15.0 Å². The van der Waals surface area contributed by atoms with Crippen LogP contribution < -0.4 is 21.9 Å². The van der Waals surface area contributed by atoms with Gasteiger partial charge in [-0.2, -0.15) is 0 Å². The van der Waals surface area contributed by atoms with Crippen LogP contribution in [-0.2, 0) is 35.1 Å². The molecule has 1 aromatic carbocycles. The zero-order chi connectivity index (χ0) is 24.3. The van der Waals surface area contributed by atoms with E-state index < -0.39 is 30.1 Å². The molecule has 0 bridgehead atoms. The van der Waals surface area contributed by atoms with Gasteiger partial charge in [0.05, 0.1) is 25.9 Å². The number of amides is 3. The standard InChI is InChI=1S/C22H36N4O7/c1-3-4-11-32-17(2)20(21(28)26-23)25-19(27)16-31-14-13-30-12-10-24-22(29)33-15-18-8-6-5-7-9-18/h5-9,17,20H,3-4,10-16,23H2,1-2H3,(H,24,29)(H,25,27)(H,26,28)/t17?,20-/m1/s1. The van der Waals surface area contributed by atoms with Crippen LogP contribution in [0.4, 0.5) is 4.79 Å². The van der Waals surface area contributed by atoms with Gasteiger partial charge in [0.25, 0.3) is 5.91 Å². The van der Waals surface area contributed by atoms with Crippen LogP contribution in [-0.4, -0.2) is 69.6 Å². The van der Waals surface area contributed by atoms with E-state index >= 15 is 0 Å². The first-order valence-corrected chi connectivity index (χ1v) is 11.0. The predicted octanol–water partition coefficient (Wildman–Crippen LogP) is 0.626. The van der Waals surface area contributed by atoms with Crippen molar-refractivity contribution in [3.8, 4) is 0 Å². The molecule has 0 saturated heterocycles. The van der Waals surface area contributed by atoms with Crippen molar-refractivity contribution in [1.82, 2.24) is 16.1 Å². The molecule has 1 unspecified atom stereocenters. The number of alkyl carbamates (subject to hydrolysis) is 1. The fourth-order valence-corrected chi connectivity index (χ4v) is 2.59. The summed E-state index contributed by atoms with van der Waals surface area (Å²) in [6.07, 6.45) is 0.735. The van der Waals surface area contributed by atoms with Crippen LogP contribution in [0.25, 0.3) is 0 Å². The zero-order valence-corrected chi connectivity index (χ0v) is 19.3. The number of hydrogen-bond acceptors (Lipinski definition) is 8. The van der Waals surface area contributed by atoms with E-state index in [1.54, 1.807) is 6.92 Å². The normalized spacial score (nSPS) is 12.5. The van der Waals surface area contributed by atoms with Crippen LogP contribution in [0.3, 0.4) is 0 Å². The molecule has 1 aromatic rings. The van der Waals surface area contributed by atoms with Crippen LogP contribution in [0, 0.1) is 0 Å². The van der Waals surface area contributed by atoms with E-state index in [9.17, 15) is 14.4 Å². The van der Waals surface area contributed by atoms with E-state index in [2.05, 4.69) is 10.6 Å². The number of benzene rings is 1. The summed E-state index contributed by atoms with van der Waals surface area (Å²) in [5, 5.41) is 5.14. The number of hydrogen-bond donors (Lipinski definition) is 4. The molecule has 11 heteroatoms. The Morgan fingerprint density at radius 1 is 1.03 bits per heavy atom. The van der Waals surface area contributed by atoms with Gasteiger partial charge in [-0.05, 0) is 18.9 Å². The highest BCUT2D eigenvalue weighted by Gasteiger charge is 2.27. The monoisotopic (exact) mass is 468 g/mol. The molecular weight excluding hydrogens is 432 g/mol. The topological polar surface area (TPSA) is 150 Å². The van der Waals surface area contributed by atoms with E-state index in [4.69, 9.17) is 24.8 Å². The lowest BCUT2D eigenvalue weighted by molar-refractivity contribution is -0.135. The van der Waals surface area contributed by atoms with Crippen molar-refractivity contribution in [3.63, 3.8) is 0 Å². The Kier molecular flexibility index (Phi) is 15.3. The minimum atomic E-state index is -0.924. The quantitative estimate of drug-likeness (QED) is 0.112. The largest absolute Gasteiger partial charge is 0.445 e. The van der Waals surface area contributed by atoms with Crippen molar-refractivity contribution >= 4 is 17.9 Å². The molecule has 0 radical (unpaired) electrons. The second kappa shape index (κ2) is 17.8. The average molecular weight is 469 g/mol. The van der Waals surface area contributed by atoms with Crippen LogP contribution >= 0.6 is 0 Å². The van der Waals surface area contributed by atoms with Gasteiger partial charge >= 0.3 is 6.09 Å². The van der Waals surface area contributed by atoms with E-state index in [-0.39, 0.29) is 39.6 Å². The third kappa shape index (κ3) is 13.4. The highest BCUT2D eigenvalue weighted by Crippen LogP contribution is 2.02. The maximum atomic E-state index is 12.1. The molecule has 0 aliphatic heterocycles. The Hall–Kier alpha value is -2.73. The SMILES string of the molecule is CCCCOC(C)[C@@H](NC(=O)COCCOCCNC(=O)OCc1ccccc1)C(=O)NN. The van der Waals surface area contributed by atoms with Gasteiger partial charge in [-0.25, -0.2) is 10.6 Å². The summed E-state index contributed by atoms with van der Waals surface area (Å²) in [4.78, 5) is 35.6. The number of carbonyl (C=O) groups excluding carboxylic acids is 3. The number of unbranched alkanes of at least 4 members (excludes halogenated alkanes) is 1. The summed E-state index contributed by atoms with van der Waals surface area (Å²) in [6, 6.07) is 8.44. The van der Waals surface area contributed by atoms with Gasteiger partial charge in [0.1, 0.15) is 19.3 Å². The molecule has 0 aliphatic rings. The second-order valence-electron chi connectivity index (χ2n) is 7.14. The van der Waals surface area contributed by atoms with Gasteiger partial charge < -0.3 is 29.6 Å². The number of rotatable bonds is 17. The van der Waals surface area contributed by atoms with Crippen LogP contribution in [0.15, 0.2) is 30.3 Å². The lowest BCUT2D eigenvalue weighted by Gasteiger charge is -2.23. The number of nitrogens with two attached hydrogens (primary N) is 1. The van der Waals surface area contributed by atoms with Gasteiger partial charge in [0.15, 0.2) is 0 Å². The molecule has 0 spiro atoms. The maximum absolute atomic E-state index is 12.1. The summed E-state index contributed by atoms with van der Waals surface area (Å²) in [6.45, 7) is 5.09. The Morgan fingerprint density at radius 2 is 1.76 bits per heavy atom. The summed E-state index contributed by atoms with van der Waals surface area (Å²) in [7, 11) is 0. The van der Waals surface area contributed by atoms with Gasteiger partial charge in [-0.1, -0.05) is 43.7 Å². The Balaban J connectivity index is 2.10. The number of ether oxygens (including phenoxy) is 4. The molecule has 0 aliphatic carbocycles. The molecule has 186 valence electrons. The van der Waals surface area contributed by atoms with Crippen molar-refractivity contribution < 1.29 is 33.3 Å². The molecule has 1 rings (SSSR count). The van der Waals surface area contributed by atoms with Crippen molar-refractivity contribution in [2.75, 3.05) is 39.6 Å². The zero-order valence-electron chi connectivity index (χ0n) is 19.3. The molecule has 0 saturated carbocycles. The summed E-state index contributed by atoms with van der Waals surface area (Å²) in [5.41, 5.74) is 2.93. The Morgan fingerprint density at radius 3 is 2.45 bits per heavy atom. The van der Waals surface area contributed by atoms with Crippen molar-refractivity contribution in [2.45, 2.75) is 45.4 Å². The summed E-state index contributed by atoms with van der Waals surface area (Å²) >= 11 is 0. The third-order valence-electron chi connectivity index (χ3n) is 4.42. The Bertz CT molecular complexity index is 691. The molecular formula is C22H36N4O7. The minimum absolute atomic E-state index is 0.169. The van der Waals surface area contributed by atoms with Gasteiger partial charge in [0.2, 0.25) is 5.91 Å². The van der Waals surface area contributed by atoms with Crippen molar-refractivity contribution in [3.05, 3.63) is 35.9 Å². The van der Waals surface area contributed by atoms with Gasteiger partial charge in [-0.15, -0.1) is 0 Å². The number of hydrazine groups is 1. The minimum Gasteiger partial charge on any atom is -0.445 e. The van der Waals surface area contributed by atoms with E-state index in [1.165, 1.54) is 0 Å². The van der Waals surface area contributed by atoms with Crippen LogP contribution in [0.2, 0.25) is 0 Å². The summed E-state index contributed by atoms with van der Waals surface area (Å²) < 4.78 is 21.2. The fourth-order valence-electron chi connectivity index (χ4n) is 2.59. The first-order chi connectivity index (χ1) is 16.0. The lowest BCUT2D eigenvalue weighted by atomic mass is 10.1. The highest BCUT2D eigenvalue weighted by molar-refractivity contribution is 5.88. The highest BCUT2D eigenvalue weighted by atomic mass is 16.6. The van der Waals surface area contributed by atoms with E-state index in [1.807, 2.05) is 42.7 Å². The molecule has 11 nitrogen and oxygen atoms in total. The third-order valence-corrected chi connectivity index (χ3v) is 4.42. The number of nitrogens with one attached hydrogen (secondary N) is 3. The average Bonchev–Trinajstić information content (AvgIpc) is 2.83. The Labute approximate surface area is 194 Å².